The molecule has 3 aromatic rings. The number of phenolic OH excluding ortho intramolecular Hbond substituents is 1. The monoisotopic (exact) mass is 532 g/mol. The average molecular weight is 533 g/mol. The fourth-order valence-corrected chi connectivity index (χ4v) is 5.61. The molecule has 2 heterocycles. The number of likely N-dealkylation sites (tertiary alicyclic amines) is 1. The molecule has 1 unspecified atom stereocenters. The van der Waals surface area contributed by atoms with E-state index >= 15 is 4.39 Å². The van der Waals surface area contributed by atoms with E-state index in [1.807, 2.05) is 24.3 Å². The number of phenols is 1. The normalized spacial score (nSPS) is 20.0. The topological polar surface area (TPSA) is 65.7 Å². The summed E-state index contributed by atoms with van der Waals surface area (Å²) in [4.78, 5) is 2.46. The Kier molecular flexibility index (Phi) is 7.34. The summed E-state index contributed by atoms with van der Waals surface area (Å²) in [6.45, 7) is 9.08. The van der Waals surface area contributed by atoms with Crippen LogP contribution in [0.4, 0.5) is 4.39 Å². The first kappa shape index (κ1) is 26.1. The van der Waals surface area contributed by atoms with Gasteiger partial charge in [0.1, 0.15) is 24.2 Å². The van der Waals surface area contributed by atoms with E-state index in [0.29, 0.717) is 45.7 Å². The summed E-state index contributed by atoms with van der Waals surface area (Å²) in [5, 5.41) is 19.7. The van der Waals surface area contributed by atoms with Gasteiger partial charge in [0.25, 0.3) is 0 Å². The lowest BCUT2D eigenvalue weighted by molar-refractivity contribution is 0.169. The fourth-order valence-electron chi connectivity index (χ4n) is 5.32. The number of rotatable bonds is 6. The third kappa shape index (κ3) is 4.97. The molecule has 1 saturated heterocycles. The van der Waals surface area contributed by atoms with Crippen LogP contribution in [0.2, 0.25) is 5.02 Å². The Morgan fingerprint density at radius 2 is 1.97 bits per heavy atom. The van der Waals surface area contributed by atoms with Crippen molar-refractivity contribution in [2.75, 3.05) is 19.7 Å². The molecular formula is C31H30ClFN2O3. The first-order valence-electron chi connectivity index (χ1n) is 12.8. The molecule has 0 bridgehead atoms. The Labute approximate surface area is 227 Å². The van der Waals surface area contributed by atoms with Gasteiger partial charge < -0.3 is 14.6 Å². The Hall–Kier alpha value is -3.53. The largest absolute Gasteiger partial charge is 0.505 e. The smallest absolute Gasteiger partial charge is 0.176 e. The lowest BCUT2D eigenvalue weighted by Crippen LogP contribution is -2.35. The number of benzene rings is 3. The van der Waals surface area contributed by atoms with E-state index in [0.717, 1.165) is 30.3 Å². The molecule has 0 spiro atoms. The maximum Gasteiger partial charge on any atom is 0.176 e. The van der Waals surface area contributed by atoms with E-state index in [2.05, 4.69) is 24.8 Å². The summed E-state index contributed by atoms with van der Waals surface area (Å²) in [6, 6.07) is 18.0. The van der Waals surface area contributed by atoms with E-state index in [9.17, 15) is 10.4 Å². The minimum atomic E-state index is -0.744. The van der Waals surface area contributed by atoms with Crippen molar-refractivity contribution in [3.63, 3.8) is 0 Å². The molecule has 5 nitrogen and oxygen atoms in total. The SMILES string of the molecule is CC1=C(c2ccc(C#N)cc2Cl)C(c2ccc(OC[C@H](C)N3CC[C@@H](C)C3)cc2)Oc2ccc(O)c(F)c21. The number of allylic oxidation sites excluding steroid dienone is 1. The number of nitriles is 1. The van der Waals surface area contributed by atoms with Crippen LogP contribution in [0.5, 0.6) is 17.2 Å². The summed E-state index contributed by atoms with van der Waals surface area (Å²) in [5.74, 6) is 0.634. The molecule has 2 aliphatic rings. The lowest BCUT2D eigenvalue weighted by atomic mass is 9.85. The molecule has 1 N–H and O–H groups in total. The van der Waals surface area contributed by atoms with Gasteiger partial charge in [0, 0.05) is 28.7 Å². The van der Waals surface area contributed by atoms with Crippen molar-refractivity contribution in [1.82, 2.24) is 4.90 Å². The van der Waals surface area contributed by atoms with Crippen LogP contribution in [0.15, 0.2) is 54.6 Å². The molecule has 7 heteroatoms. The number of fused-ring (bicyclic) bond motifs is 1. The predicted molar refractivity (Wildman–Crippen MR) is 147 cm³/mol. The lowest BCUT2D eigenvalue weighted by Gasteiger charge is -2.32. The average Bonchev–Trinajstić information content (AvgIpc) is 3.36. The maximum atomic E-state index is 15.0. The van der Waals surface area contributed by atoms with Crippen LogP contribution >= 0.6 is 11.6 Å². The van der Waals surface area contributed by atoms with Crippen molar-refractivity contribution < 1.29 is 19.0 Å². The molecule has 0 aromatic heterocycles. The zero-order valence-corrected chi connectivity index (χ0v) is 22.4. The van der Waals surface area contributed by atoms with Gasteiger partial charge in [-0.25, -0.2) is 4.39 Å². The van der Waals surface area contributed by atoms with Gasteiger partial charge in [-0.3, -0.25) is 4.90 Å². The summed E-state index contributed by atoms with van der Waals surface area (Å²) in [6.07, 6.45) is 0.641. The van der Waals surface area contributed by atoms with Gasteiger partial charge in [-0.05, 0) is 80.3 Å². The second kappa shape index (κ2) is 10.7. The number of halogens is 2. The van der Waals surface area contributed by atoms with E-state index in [1.54, 1.807) is 31.2 Å². The molecule has 0 radical (unpaired) electrons. The van der Waals surface area contributed by atoms with Crippen molar-refractivity contribution in [2.24, 2.45) is 5.92 Å². The zero-order chi connectivity index (χ0) is 27.0. The van der Waals surface area contributed by atoms with E-state index < -0.39 is 17.7 Å². The van der Waals surface area contributed by atoms with E-state index in [-0.39, 0.29) is 5.56 Å². The highest BCUT2D eigenvalue weighted by Gasteiger charge is 2.33. The van der Waals surface area contributed by atoms with Crippen LogP contribution in [0.1, 0.15) is 55.5 Å². The van der Waals surface area contributed by atoms with Crippen LogP contribution in [0.3, 0.4) is 0 Å². The minimum Gasteiger partial charge on any atom is -0.505 e. The molecule has 38 heavy (non-hydrogen) atoms. The number of nitrogens with zero attached hydrogens (tertiary/aromatic N) is 2. The number of aromatic hydroxyl groups is 1. The van der Waals surface area contributed by atoms with Crippen molar-refractivity contribution in [1.29, 1.82) is 5.26 Å². The summed E-state index contributed by atoms with van der Waals surface area (Å²) in [5.41, 5.74) is 3.37. The predicted octanol–water partition coefficient (Wildman–Crippen LogP) is 7.23. The fraction of sp³-hybridized carbons (Fsp3) is 0.323. The van der Waals surface area contributed by atoms with Crippen LogP contribution in [-0.4, -0.2) is 35.7 Å². The molecular weight excluding hydrogens is 503 g/mol. The molecule has 2 aliphatic heterocycles. The third-order valence-corrected chi connectivity index (χ3v) is 7.82. The minimum absolute atomic E-state index is 0.196. The summed E-state index contributed by atoms with van der Waals surface area (Å²) >= 11 is 6.61. The van der Waals surface area contributed by atoms with Gasteiger partial charge in [0.15, 0.2) is 11.6 Å². The molecule has 0 aliphatic carbocycles. The molecule has 0 amide bonds. The van der Waals surface area contributed by atoms with E-state index in [1.165, 1.54) is 12.5 Å². The highest BCUT2D eigenvalue weighted by molar-refractivity contribution is 6.33. The van der Waals surface area contributed by atoms with Crippen molar-refractivity contribution in [3.8, 4) is 23.3 Å². The summed E-state index contributed by atoms with van der Waals surface area (Å²) in [7, 11) is 0. The highest BCUT2D eigenvalue weighted by atomic mass is 35.5. The second-order valence-corrected chi connectivity index (χ2v) is 10.6. The van der Waals surface area contributed by atoms with Crippen LogP contribution in [-0.2, 0) is 0 Å². The molecule has 5 rings (SSSR count). The Bertz CT molecular complexity index is 1430. The highest BCUT2D eigenvalue weighted by Crippen LogP contribution is 2.49. The maximum absolute atomic E-state index is 15.0. The first-order chi connectivity index (χ1) is 18.3. The van der Waals surface area contributed by atoms with Crippen LogP contribution in [0.25, 0.3) is 11.1 Å². The summed E-state index contributed by atoms with van der Waals surface area (Å²) < 4.78 is 27.5. The van der Waals surface area contributed by atoms with Crippen LogP contribution < -0.4 is 9.47 Å². The van der Waals surface area contributed by atoms with Crippen LogP contribution in [0, 0.1) is 23.1 Å². The standard InChI is InChI=1S/C31H30ClFN2O3/c1-18-12-13-35(16-18)19(2)17-37-23-7-5-22(6-8-23)31-28(24-9-4-21(15-34)14-25(24)32)20(3)29-27(38-31)11-10-26(36)30(29)33/h4-11,14,18-19,31,36H,12-13,16-17H2,1-3H3/t18-,19+,31?/m1/s1. The van der Waals surface area contributed by atoms with Crippen molar-refractivity contribution >= 4 is 22.7 Å². The Morgan fingerprint density at radius 3 is 2.63 bits per heavy atom. The van der Waals surface area contributed by atoms with Crippen molar-refractivity contribution in [2.45, 2.75) is 39.3 Å². The van der Waals surface area contributed by atoms with Crippen molar-refractivity contribution in [3.05, 3.63) is 87.7 Å². The quantitative estimate of drug-likeness (QED) is 0.363. The first-order valence-corrected chi connectivity index (χ1v) is 13.2. The zero-order valence-electron chi connectivity index (χ0n) is 21.7. The van der Waals surface area contributed by atoms with Gasteiger partial charge in [-0.1, -0.05) is 36.7 Å². The van der Waals surface area contributed by atoms with Gasteiger partial charge in [0.05, 0.1) is 17.2 Å². The van der Waals surface area contributed by atoms with E-state index in [4.69, 9.17) is 21.1 Å². The van der Waals surface area contributed by atoms with Gasteiger partial charge in [-0.15, -0.1) is 0 Å². The number of ether oxygens (including phenoxy) is 2. The van der Waals surface area contributed by atoms with Gasteiger partial charge >= 0.3 is 0 Å². The Balaban J connectivity index is 1.47. The van der Waals surface area contributed by atoms with Gasteiger partial charge in [-0.2, -0.15) is 5.26 Å². The molecule has 3 atom stereocenters. The molecule has 196 valence electrons. The molecule has 3 aromatic carbocycles. The molecule has 1 fully saturated rings. The third-order valence-electron chi connectivity index (χ3n) is 7.51. The second-order valence-electron chi connectivity index (χ2n) is 10.2. The number of hydrogen-bond donors (Lipinski definition) is 1. The molecule has 0 saturated carbocycles. The Morgan fingerprint density at radius 1 is 1.21 bits per heavy atom. The number of hydrogen-bond acceptors (Lipinski definition) is 5. The van der Waals surface area contributed by atoms with Gasteiger partial charge in [0.2, 0.25) is 0 Å².